The second-order valence-corrected chi connectivity index (χ2v) is 7.71. The first kappa shape index (κ1) is 20.7. The molecule has 0 saturated heterocycles. The Labute approximate surface area is 172 Å². The number of thiophene rings is 1. The summed E-state index contributed by atoms with van der Waals surface area (Å²) in [5.74, 6) is -0.772. The number of amides is 1. The van der Waals surface area contributed by atoms with Gasteiger partial charge in [-0.1, -0.05) is 31.5 Å². The molecular weight excluding hydrogens is 390 g/mol. The number of hydrogen-bond donors (Lipinski definition) is 1. The van der Waals surface area contributed by atoms with E-state index in [1.54, 1.807) is 26.0 Å². The lowest BCUT2D eigenvalue weighted by atomic mass is 10.2. The quantitative estimate of drug-likeness (QED) is 0.468. The van der Waals surface area contributed by atoms with Gasteiger partial charge >= 0.3 is 5.97 Å². The number of fused-ring (bicyclic) bond motifs is 1. The fraction of sp³-hybridized carbons (Fsp3) is 0.333. The van der Waals surface area contributed by atoms with Crippen molar-refractivity contribution in [3.63, 3.8) is 0 Å². The lowest BCUT2D eigenvalue weighted by Gasteiger charge is -2.14. The average Bonchev–Trinajstić information content (AvgIpc) is 3.06. The van der Waals surface area contributed by atoms with Gasteiger partial charge in [0, 0.05) is 5.69 Å². The maximum absolute atomic E-state index is 13.0. The molecule has 0 fully saturated rings. The zero-order chi connectivity index (χ0) is 21.0. The van der Waals surface area contributed by atoms with E-state index in [4.69, 9.17) is 4.74 Å². The van der Waals surface area contributed by atoms with Crippen LogP contribution in [0.25, 0.3) is 10.2 Å². The third-order valence-electron chi connectivity index (χ3n) is 4.61. The Bertz CT molecular complexity index is 1090. The van der Waals surface area contributed by atoms with Gasteiger partial charge in [0.2, 0.25) is 0 Å². The van der Waals surface area contributed by atoms with Crippen LogP contribution in [-0.4, -0.2) is 28.0 Å². The normalized spacial score (nSPS) is 12.0. The molecule has 0 spiro atoms. The van der Waals surface area contributed by atoms with E-state index in [1.165, 1.54) is 10.9 Å². The van der Waals surface area contributed by atoms with Gasteiger partial charge in [0.15, 0.2) is 0 Å². The molecule has 0 aliphatic heterocycles. The molecule has 0 aliphatic carbocycles. The van der Waals surface area contributed by atoms with E-state index in [-0.39, 0.29) is 11.5 Å². The molecule has 3 aromatic rings. The Balaban J connectivity index is 1.90. The number of para-hydroxylation sites is 1. The van der Waals surface area contributed by atoms with Gasteiger partial charge in [-0.15, -0.1) is 11.3 Å². The van der Waals surface area contributed by atoms with E-state index < -0.39 is 12.0 Å². The maximum atomic E-state index is 13.0. The van der Waals surface area contributed by atoms with Gasteiger partial charge < -0.3 is 10.1 Å². The molecule has 8 heteroatoms. The van der Waals surface area contributed by atoms with Gasteiger partial charge in [-0.05, 0) is 38.0 Å². The first-order valence-corrected chi connectivity index (χ1v) is 10.3. The van der Waals surface area contributed by atoms with E-state index in [1.807, 2.05) is 25.1 Å². The maximum Gasteiger partial charge on any atom is 0.328 e. The first-order valence-electron chi connectivity index (χ1n) is 9.47. The molecule has 1 N–H and O–H groups in total. The summed E-state index contributed by atoms with van der Waals surface area (Å²) >= 11 is 1.16. The van der Waals surface area contributed by atoms with Gasteiger partial charge in [0.25, 0.3) is 11.5 Å². The first-order chi connectivity index (χ1) is 13.9. The number of hydrogen-bond acceptors (Lipinski definition) is 6. The predicted octanol–water partition coefficient (Wildman–Crippen LogP) is 3.92. The summed E-state index contributed by atoms with van der Waals surface area (Å²) in [5.41, 5.74) is 0.863. The van der Waals surface area contributed by atoms with Gasteiger partial charge in [-0.25, -0.2) is 9.78 Å². The number of anilines is 1. The van der Waals surface area contributed by atoms with Crippen LogP contribution in [0, 0.1) is 6.92 Å². The highest BCUT2D eigenvalue weighted by Gasteiger charge is 2.23. The van der Waals surface area contributed by atoms with Crippen LogP contribution in [0.5, 0.6) is 0 Å². The number of rotatable bonds is 7. The molecule has 0 bridgehead atoms. The van der Waals surface area contributed by atoms with Crippen LogP contribution in [-0.2, 0) is 9.53 Å². The summed E-state index contributed by atoms with van der Waals surface area (Å²) in [5, 5.41) is 3.18. The van der Waals surface area contributed by atoms with Crippen LogP contribution in [0.3, 0.4) is 0 Å². The number of benzene rings is 1. The number of esters is 1. The molecule has 29 heavy (non-hydrogen) atoms. The molecule has 1 aromatic carbocycles. The van der Waals surface area contributed by atoms with Crippen molar-refractivity contribution in [2.24, 2.45) is 0 Å². The van der Waals surface area contributed by atoms with Crippen molar-refractivity contribution in [3.8, 4) is 0 Å². The summed E-state index contributed by atoms with van der Waals surface area (Å²) in [4.78, 5) is 43.1. The van der Waals surface area contributed by atoms with E-state index in [0.717, 1.165) is 24.2 Å². The number of carbonyl (C=O) groups is 2. The Morgan fingerprint density at radius 3 is 2.69 bits per heavy atom. The van der Waals surface area contributed by atoms with E-state index in [0.29, 0.717) is 33.0 Å². The minimum Gasteiger partial charge on any atom is -0.464 e. The summed E-state index contributed by atoms with van der Waals surface area (Å²) in [6.07, 6.45) is 3.02. The van der Waals surface area contributed by atoms with E-state index >= 15 is 0 Å². The fourth-order valence-electron chi connectivity index (χ4n) is 2.89. The highest BCUT2D eigenvalue weighted by molar-refractivity contribution is 7.20. The van der Waals surface area contributed by atoms with Crippen molar-refractivity contribution >= 4 is 39.1 Å². The molecule has 2 heterocycles. The molecule has 0 unspecified atom stereocenters. The van der Waals surface area contributed by atoms with Crippen LogP contribution in [0.1, 0.15) is 48.0 Å². The number of nitrogens with one attached hydrogen (secondary N) is 1. The lowest BCUT2D eigenvalue weighted by molar-refractivity contribution is -0.147. The summed E-state index contributed by atoms with van der Waals surface area (Å²) in [6, 6.07) is 8.30. The highest BCUT2D eigenvalue weighted by Crippen LogP contribution is 2.28. The number of nitrogens with zero attached hydrogens (tertiary/aromatic N) is 2. The van der Waals surface area contributed by atoms with Gasteiger partial charge in [0.1, 0.15) is 10.9 Å². The Morgan fingerprint density at radius 2 is 2.00 bits per heavy atom. The zero-order valence-electron chi connectivity index (χ0n) is 16.6. The number of ether oxygens (including phenoxy) is 1. The molecule has 3 rings (SSSR count). The number of carbonyl (C=O) groups excluding carboxylic acids is 2. The van der Waals surface area contributed by atoms with Gasteiger partial charge in [0.05, 0.1) is 23.2 Å². The SMILES string of the molecule is CCCCOC(=O)[C@H](C)n1cnc2sc(C(=O)Nc3ccccc3)c(C)c2c1=O. The van der Waals surface area contributed by atoms with Crippen LogP contribution in [0.15, 0.2) is 41.5 Å². The molecule has 0 aliphatic rings. The number of unbranched alkanes of at least 4 members (excludes halogenated alkanes) is 1. The average molecular weight is 413 g/mol. The number of aryl methyl sites for hydroxylation is 1. The molecule has 152 valence electrons. The van der Waals surface area contributed by atoms with Gasteiger partial charge in [-0.2, -0.15) is 0 Å². The molecule has 1 amide bonds. The van der Waals surface area contributed by atoms with Gasteiger partial charge in [-0.3, -0.25) is 14.2 Å². The monoisotopic (exact) mass is 413 g/mol. The lowest BCUT2D eigenvalue weighted by Crippen LogP contribution is -2.29. The van der Waals surface area contributed by atoms with E-state index in [2.05, 4.69) is 10.3 Å². The summed E-state index contributed by atoms with van der Waals surface area (Å²) < 4.78 is 6.48. The molecule has 2 aromatic heterocycles. The standard InChI is InChI=1S/C21H23N3O4S/c1-4-5-11-28-21(27)14(3)24-12-22-19-16(20(24)26)13(2)17(29-19)18(25)23-15-9-7-6-8-10-15/h6-10,12,14H,4-5,11H2,1-3H3,(H,23,25)/t14-/m0/s1. The summed E-state index contributed by atoms with van der Waals surface area (Å²) in [7, 11) is 0. The summed E-state index contributed by atoms with van der Waals surface area (Å²) in [6.45, 7) is 5.65. The van der Waals surface area contributed by atoms with Crippen LogP contribution >= 0.6 is 11.3 Å². The van der Waals surface area contributed by atoms with Crippen molar-refractivity contribution in [1.29, 1.82) is 0 Å². The van der Waals surface area contributed by atoms with E-state index in [9.17, 15) is 14.4 Å². The van der Waals surface area contributed by atoms with Crippen LogP contribution < -0.4 is 10.9 Å². The Hall–Kier alpha value is -3.00. The Kier molecular flexibility index (Phi) is 6.43. The molecular formula is C21H23N3O4S. The smallest absolute Gasteiger partial charge is 0.328 e. The third-order valence-corrected chi connectivity index (χ3v) is 5.81. The third kappa shape index (κ3) is 4.37. The minimum atomic E-state index is -0.794. The molecule has 0 radical (unpaired) electrons. The van der Waals surface area contributed by atoms with Crippen molar-refractivity contribution < 1.29 is 14.3 Å². The van der Waals surface area contributed by atoms with Crippen molar-refractivity contribution in [1.82, 2.24) is 9.55 Å². The van der Waals surface area contributed by atoms with Crippen LogP contribution in [0.4, 0.5) is 5.69 Å². The van der Waals surface area contributed by atoms with Crippen LogP contribution in [0.2, 0.25) is 0 Å². The molecule has 7 nitrogen and oxygen atoms in total. The second-order valence-electron chi connectivity index (χ2n) is 6.71. The highest BCUT2D eigenvalue weighted by atomic mass is 32.1. The topological polar surface area (TPSA) is 90.3 Å². The zero-order valence-corrected chi connectivity index (χ0v) is 17.4. The largest absolute Gasteiger partial charge is 0.464 e. The second kappa shape index (κ2) is 9.00. The fourth-order valence-corrected chi connectivity index (χ4v) is 3.92. The molecule has 1 atom stereocenters. The van der Waals surface area contributed by atoms with Crippen molar-refractivity contribution in [2.45, 2.75) is 39.7 Å². The van der Waals surface area contributed by atoms with Crippen molar-refractivity contribution in [3.05, 3.63) is 57.5 Å². The predicted molar refractivity (Wildman–Crippen MR) is 114 cm³/mol. The molecule has 0 saturated carbocycles. The minimum absolute atomic E-state index is 0.297. The number of aromatic nitrogens is 2. The Morgan fingerprint density at radius 1 is 1.28 bits per heavy atom. The van der Waals surface area contributed by atoms with Crippen molar-refractivity contribution in [2.75, 3.05) is 11.9 Å².